The van der Waals surface area contributed by atoms with Gasteiger partial charge in [-0.1, -0.05) is 20.8 Å². The number of thiol groups is 2. The predicted molar refractivity (Wildman–Crippen MR) is 216 cm³/mol. The summed E-state index contributed by atoms with van der Waals surface area (Å²) in [4.78, 5) is 2.48. The van der Waals surface area contributed by atoms with Crippen molar-refractivity contribution in [1.82, 2.24) is 10.2 Å². The number of nitrogens with one attached hydrogen (secondary N) is 1. The van der Waals surface area contributed by atoms with Crippen LogP contribution in [0.5, 0.6) is 0 Å². The van der Waals surface area contributed by atoms with E-state index in [0.29, 0.717) is 72.8 Å². The number of fused-ring (bicyclic) bond motifs is 5. The van der Waals surface area contributed by atoms with Crippen molar-refractivity contribution in [3.8, 4) is 0 Å². The van der Waals surface area contributed by atoms with Gasteiger partial charge in [0, 0.05) is 49.8 Å². The Morgan fingerprint density at radius 3 is 2.10 bits per heavy atom. The van der Waals surface area contributed by atoms with Gasteiger partial charge in [0.2, 0.25) is 0 Å². The molecule has 0 amide bonds. The summed E-state index contributed by atoms with van der Waals surface area (Å²) in [5.41, 5.74) is 18.2. The zero-order valence-electron chi connectivity index (χ0n) is 32.4. The van der Waals surface area contributed by atoms with Crippen LogP contribution < -0.4 is 22.5 Å². The van der Waals surface area contributed by atoms with Gasteiger partial charge in [0.25, 0.3) is 0 Å². The summed E-state index contributed by atoms with van der Waals surface area (Å²) < 4.78 is 20.4. The first kappa shape index (κ1) is 43.1. The molecule has 7 N–H and O–H groups in total. The molecule has 50 heavy (non-hydrogen) atoms. The Morgan fingerprint density at radius 1 is 0.760 bits per heavy atom. The van der Waals surface area contributed by atoms with Crippen molar-refractivity contribution < 1.29 is 14.2 Å². The number of nitrogens with two attached hydrogens (primary N) is 3. The topological polar surface area (TPSA) is 121 Å². The molecule has 4 aliphatic rings. The molecular weight excluding hydrogens is 663 g/mol. The van der Waals surface area contributed by atoms with Crippen molar-refractivity contribution in [3.63, 3.8) is 0 Å². The largest absolute Gasteiger partial charge is 0.378 e. The van der Waals surface area contributed by atoms with Gasteiger partial charge < -0.3 is 41.6 Å². The SMILES string of the molecule is C[C@H](CCCNCCCN(CCS)CCS)[C@H]1CC[C@H]2C3[C@H](OCCCN)CC4C[C@H](OCCCN)CCC4(C)[C@H]3C[C@H](OCCCN)[C@]12C. The molecule has 11 atom stereocenters. The molecular formula is C40H79N5O3S2. The fourth-order valence-electron chi connectivity index (χ4n) is 11.5. The van der Waals surface area contributed by atoms with Crippen LogP contribution in [0, 0.1) is 46.3 Å². The maximum Gasteiger partial charge on any atom is 0.0637 e. The highest BCUT2D eigenvalue weighted by Crippen LogP contribution is 2.69. The Balaban J connectivity index is 1.45. The molecule has 8 nitrogen and oxygen atoms in total. The molecule has 0 aromatic rings. The number of rotatable bonds is 25. The maximum atomic E-state index is 7.04. The molecule has 10 heteroatoms. The molecule has 0 heterocycles. The zero-order chi connectivity index (χ0) is 36.0. The van der Waals surface area contributed by atoms with E-state index < -0.39 is 0 Å². The van der Waals surface area contributed by atoms with Gasteiger partial charge in [-0.05, 0) is 164 Å². The molecule has 4 fully saturated rings. The number of hydrogen-bond acceptors (Lipinski definition) is 10. The fourth-order valence-corrected chi connectivity index (χ4v) is 12.1. The molecule has 0 aromatic heterocycles. The Labute approximate surface area is 318 Å². The molecule has 0 spiro atoms. The second-order valence-corrected chi connectivity index (χ2v) is 17.9. The Morgan fingerprint density at radius 2 is 1.42 bits per heavy atom. The molecule has 294 valence electrons. The van der Waals surface area contributed by atoms with Crippen LogP contribution in [0.2, 0.25) is 0 Å². The lowest BCUT2D eigenvalue weighted by Gasteiger charge is -2.65. The van der Waals surface area contributed by atoms with Crippen molar-refractivity contribution >= 4 is 25.3 Å². The molecule has 4 rings (SSSR count). The minimum Gasteiger partial charge on any atom is -0.378 e. The summed E-state index contributed by atoms with van der Waals surface area (Å²) >= 11 is 8.86. The smallest absolute Gasteiger partial charge is 0.0637 e. The van der Waals surface area contributed by atoms with Crippen LogP contribution in [0.1, 0.15) is 104 Å². The van der Waals surface area contributed by atoms with E-state index >= 15 is 0 Å². The van der Waals surface area contributed by atoms with Gasteiger partial charge in [0.15, 0.2) is 0 Å². The summed E-state index contributed by atoms with van der Waals surface area (Å²) in [6, 6.07) is 0. The molecule has 0 aromatic carbocycles. The van der Waals surface area contributed by atoms with E-state index in [0.717, 1.165) is 109 Å². The monoisotopic (exact) mass is 742 g/mol. The molecule has 3 unspecified atom stereocenters. The quantitative estimate of drug-likeness (QED) is 0.0527. The predicted octanol–water partition coefficient (Wildman–Crippen LogP) is 5.62. The van der Waals surface area contributed by atoms with Crippen molar-refractivity contribution in [2.75, 3.05) is 83.7 Å². The Bertz CT molecular complexity index is 933. The molecule has 0 radical (unpaired) electrons. The van der Waals surface area contributed by atoms with Gasteiger partial charge in [0.1, 0.15) is 0 Å². The first-order valence-corrected chi connectivity index (χ1v) is 22.1. The molecule has 0 saturated heterocycles. The highest BCUT2D eigenvalue weighted by atomic mass is 32.1. The van der Waals surface area contributed by atoms with Gasteiger partial charge in [0.05, 0.1) is 18.3 Å². The minimum absolute atomic E-state index is 0.160. The summed E-state index contributed by atoms with van der Waals surface area (Å²) in [7, 11) is 0. The van der Waals surface area contributed by atoms with Crippen molar-refractivity contribution in [1.29, 1.82) is 0 Å². The van der Waals surface area contributed by atoms with Gasteiger partial charge in [-0.3, -0.25) is 0 Å². The van der Waals surface area contributed by atoms with Gasteiger partial charge in [-0.25, -0.2) is 0 Å². The molecule has 0 aliphatic heterocycles. The Kier molecular flexibility index (Phi) is 19.0. The van der Waals surface area contributed by atoms with Gasteiger partial charge in [-0.15, -0.1) is 0 Å². The van der Waals surface area contributed by atoms with Gasteiger partial charge in [-0.2, -0.15) is 25.3 Å². The van der Waals surface area contributed by atoms with Crippen molar-refractivity contribution in [3.05, 3.63) is 0 Å². The number of nitrogens with zero attached hydrogens (tertiary/aromatic N) is 1. The van der Waals surface area contributed by atoms with Crippen LogP contribution in [0.3, 0.4) is 0 Å². The zero-order valence-corrected chi connectivity index (χ0v) is 34.2. The highest BCUT2D eigenvalue weighted by Gasteiger charge is 2.66. The summed E-state index contributed by atoms with van der Waals surface area (Å²) in [6.07, 6.45) is 15.9. The van der Waals surface area contributed by atoms with Crippen LogP contribution >= 0.6 is 25.3 Å². The van der Waals surface area contributed by atoms with Crippen LogP contribution in [-0.4, -0.2) is 107 Å². The van der Waals surface area contributed by atoms with Crippen LogP contribution in [0.15, 0.2) is 0 Å². The molecule has 4 saturated carbocycles. The average Bonchev–Trinajstić information content (AvgIpc) is 3.46. The van der Waals surface area contributed by atoms with Crippen LogP contribution in [0.4, 0.5) is 0 Å². The van der Waals surface area contributed by atoms with Crippen molar-refractivity contribution in [2.24, 2.45) is 63.5 Å². The number of ether oxygens (including phenoxy) is 3. The van der Waals surface area contributed by atoms with Crippen molar-refractivity contribution in [2.45, 2.75) is 123 Å². The van der Waals surface area contributed by atoms with E-state index in [9.17, 15) is 0 Å². The lowest BCUT2D eigenvalue weighted by molar-refractivity contribution is -0.227. The van der Waals surface area contributed by atoms with E-state index in [2.05, 4.69) is 56.2 Å². The van der Waals surface area contributed by atoms with E-state index in [1.54, 1.807) is 0 Å². The normalized spacial score (nSPS) is 35.9. The standard InChI is InChI=1S/C40H79N5O3S2/c1-30(9-4-17-44-18-8-19-45(20-25-49)21-26-50)33-10-11-34-38-35(29-37(40(33,34)3)48-24-7-16-43)39(2)13-12-32(46-22-5-14-41)27-31(39)28-36(38)47-23-6-15-42/h30-38,44,49-50H,4-29,41-43H2,1-3H3/t30-,31?,32-,33-,34+,35+,36-,37+,38?,39?,40-/m1/s1. The average molecular weight is 742 g/mol. The number of hydrogen-bond donors (Lipinski definition) is 6. The first-order valence-electron chi connectivity index (χ1n) is 20.9. The lowest BCUT2D eigenvalue weighted by Crippen LogP contribution is -2.63. The maximum absolute atomic E-state index is 7.04. The fraction of sp³-hybridized carbons (Fsp3) is 1.00. The van der Waals surface area contributed by atoms with E-state index in [1.807, 2.05) is 0 Å². The van der Waals surface area contributed by atoms with Crippen LogP contribution in [0.25, 0.3) is 0 Å². The van der Waals surface area contributed by atoms with E-state index in [1.165, 1.54) is 38.5 Å². The van der Waals surface area contributed by atoms with E-state index in [4.69, 9.17) is 31.4 Å². The lowest BCUT2D eigenvalue weighted by atomic mass is 9.43. The second kappa shape index (κ2) is 22.1. The summed E-state index contributed by atoms with van der Waals surface area (Å²) in [6.45, 7) is 17.7. The molecule has 4 aliphatic carbocycles. The van der Waals surface area contributed by atoms with Gasteiger partial charge >= 0.3 is 0 Å². The summed E-state index contributed by atoms with van der Waals surface area (Å²) in [5.74, 6) is 5.63. The van der Waals surface area contributed by atoms with E-state index in [-0.39, 0.29) is 11.5 Å². The third-order valence-corrected chi connectivity index (χ3v) is 14.6. The summed E-state index contributed by atoms with van der Waals surface area (Å²) in [5, 5.41) is 3.75. The Hall–Kier alpha value is 0.380. The third kappa shape index (κ3) is 10.8. The second-order valence-electron chi connectivity index (χ2n) is 17.0. The first-order chi connectivity index (χ1) is 24.3. The highest BCUT2D eigenvalue weighted by molar-refractivity contribution is 7.80. The third-order valence-electron chi connectivity index (χ3n) is 14.2. The minimum atomic E-state index is 0.160. The molecule has 0 bridgehead atoms. The van der Waals surface area contributed by atoms with Crippen LogP contribution in [-0.2, 0) is 14.2 Å².